The predicted molar refractivity (Wildman–Crippen MR) is 133 cm³/mol. The Labute approximate surface area is 196 Å². The molecule has 0 atom stereocenters. The fourth-order valence-electron chi connectivity index (χ4n) is 4.84. The molecule has 0 amide bonds. The van der Waals surface area contributed by atoms with Crippen LogP contribution in [0.25, 0.3) is 22.6 Å². The topological polar surface area (TPSA) is 81.0 Å². The van der Waals surface area contributed by atoms with E-state index in [1.807, 2.05) is 18.5 Å². The molecule has 1 aliphatic carbocycles. The Balaban J connectivity index is 1.68. The van der Waals surface area contributed by atoms with Crippen LogP contribution in [-0.2, 0) is 0 Å². The van der Waals surface area contributed by atoms with E-state index in [-0.39, 0.29) is 0 Å². The van der Waals surface area contributed by atoms with Gasteiger partial charge in [-0.15, -0.1) is 0 Å². The van der Waals surface area contributed by atoms with Crippen LogP contribution in [0.3, 0.4) is 0 Å². The van der Waals surface area contributed by atoms with Gasteiger partial charge in [-0.2, -0.15) is 0 Å². The standard InChI is InChI=1S/C25H37N7O/c1-17(2)31(18(3)4)14-13-26-24-22-25(32(16-28-22)20-9-7-6-8-10-20)30-23(29-24)19-11-12-21(33-5)27-15-19/h11-12,15-18,20H,6-10,13-14H2,1-5H3,(H,26,29,30). The number of hydrogen-bond donors (Lipinski definition) is 1. The largest absolute Gasteiger partial charge is 0.481 e. The summed E-state index contributed by atoms with van der Waals surface area (Å²) < 4.78 is 7.48. The average molecular weight is 452 g/mol. The summed E-state index contributed by atoms with van der Waals surface area (Å²) in [5.74, 6) is 2.02. The summed E-state index contributed by atoms with van der Waals surface area (Å²) in [7, 11) is 1.62. The van der Waals surface area contributed by atoms with Crippen molar-refractivity contribution in [3.8, 4) is 17.3 Å². The van der Waals surface area contributed by atoms with Crippen LogP contribution >= 0.6 is 0 Å². The van der Waals surface area contributed by atoms with E-state index in [1.165, 1.54) is 32.1 Å². The highest BCUT2D eigenvalue weighted by molar-refractivity contribution is 5.85. The van der Waals surface area contributed by atoms with Crippen molar-refractivity contribution in [1.29, 1.82) is 0 Å². The highest BCUT2D eigenvalue weighted by atomic mass is 16.5. The van der Waals surface area contributed by atoms with Crippen molar-refractivity contribution in [2.45, 2.75) is 77.9 Å². The van der Waals surface area contributed by atoms with Gasteiger partial charge in [0.25, 0.3) is 0 Å². The van der Waals surface area contributed by atoms with Crippen molar-refractivity contribution in [1.82, 2.24) is 29.4 Å². The lowest BCUT2D eigenvalue weighted by atomic mass is 9.95. The number of rotatable bonds is 9. The summed E-state index contributed by atoms with van der Waals surface area (Å²) in [6.07, 6.45) is 9.90. The zero-order valence-corrected chi connectivity index (χ0v) is 20.6. The molecule has 0 aliphatic heterocycles. The number of pyridine rings is 1. The summed E-state index contributed by atoms with van der Waals surface area (Å²) in [6.45, 7) is 10.7. The zero-order chi connectivity index (χ0) is 23.4. The van der Waals surface area contributed by atoms with Crippen LogP contribution in [0.2, 0.25) is 0 Å². The van der Waals surface area contributed by atoms with Gasteiger partial charge in [0.1, 0.15) is 5.52 Å². The van der Waals surface area contributed by atoms with E-state index in [0.29, 0.717) is 29.8 Å². The van der Waals surface area contributed by atoms with E-state index >= 15 is 0 Å². The fraction of sp³-hybridized carbons (Fsp3) is 0.600. The first kappa shape index (κ1) is 23.4. The summed E-state index contributed by atoms with van der Waals surface area (Å²) >= 11 is 0. The Bertz CT molecular complexity index is 1030. The van der Waals surface area contributed by atoms with Crippen molar-refractivity contribution >= 4 is 17.0 Å². The maximum absolute atomic E-state index is 5.22. The van der Waals surface area contributed by atoms with Crippen LogP contribution in [0, 0.1) is 0 Å². The number of aromatic nitrogens is 5. The van der Waals surface area contributed by atoms with Gasteiger partial charge in [-0.3, -0.25) is 4.90 Å². The lowest BCUT2D eigenvalue weighted by molar-refractivity contribution is 0.182. The van der Waals surface area contributed by atoms with Crippen molar-refractivity contribution < 1.29 is 4.74 Å². The van der Waals surface area contributed by atoms with Gasteiger partial charge in [-0.25, -0.2) is 19.9 Å². The molecule has 0 aromatic carbocycles. The van der Waals surface area contributed by atoms with E-state index < -0.39 is 0 Å². The molecule has 4 rings (SSSR count). The second-order valence-corrected chi connectivity index (χ2v) is 9.45. The molecule has 0 radical (unpaired) electrons. The fourth-order valence-corrected chi connectivity index (χ4v) is 4.84. The predicted octanol–water partition coefficient (Wildman–Crippen LogP) is 4.93. The highest BCUT2D eigenvalue weighted by Crippen LogP contribution is 2.32. The van der Waals surface area contributed by atoms with Gasteiger partial charge in [-0.05, 0) is 46.6 Å². The molecule has 1 saturated carbocycles. The lowest BCUT2D eigenvalue weighted by Gasteiger charge is -2.30. The molecule has 0 unspecified atom stereocenters. The van der Waals surface area contributed by atoms with Gasteiger partial charge in [0, 0.05) is 49.0 Å². The molecule has 1 aliphatic rings. The first-order valence-electron chi connectivity index (χ1n) is 12.2. The van der Waals surface area contributed by atoms with Crippen LogP contribution in [-0.4, -0.2) is 61.7 Å². The molecule has 178 valence electrons. The second-order valence-electron chi connectivity index (χ2n) is 9.45. The Morgan fingerprint density at radius 1 is 1.06 bits per heavy atom. The highest BCUT2D eigenvalue weighted by Gasteiger charge is 2.21. The van der Waals surface area contributed by atoms with E-state index in [1.54, 1.807) is 13.3 Å². The van der Waals surface area contributed by atoms with Crippen molar-refractivity contribution in [3.63, 3.8) is 0 Å². The molecule has 3 aromatic heterocycles. The minimum atomic E-state index is 0.450. The molecule has 1 N–H and O–H groups in total. The Morgan fingerprint density at radius 3 is 2.45 bits per heavy atom. The minimum absolute atomic E-state index is 0.450. The monoisotopic (exact) mass is 451 g/mol. The van der Waals surface area contributed by atoms with Crippen LogP contribution in [0.1, 0.15) is 65.8 Å². The maximum Gasteiger partial charge on any atom is 0.212 e. The number of hydrogen-bond acceptors (Lipinski definition) is 7. The molecule has 8 heteroatoms. The third-order valence-electron chi connectivity index (χ3n) is 6.58. The maximum atomic E-state index is 5.22. The molecule has 3 aromatic rings. The zero-order valence-electron chi connectivity index (χ0n) is 20.6. The van der Waals surface area contributed by atoms with Gasteiger partial charge in [0.15, 0.2) is 17.3 Å². The second kappa shape index (κ2) is 10.5. The molecule has 8 nitrogen and oxygen atoms in total. The number of nitrogens with zero attached hydrogens (tertiary/aromatic N) is 6. The summed E-state index contributed by atoms with van der Waals surface area (Å²) in [5.41, 5.74) is 2.60. The Morgan fingerprint density at radius 2 is 1.82 bits per heavy atom. The van der Waals surface area contributed by atoms with E-state index in [9.17, 15) is 0 Å². The van der Waals surface area contributed by atoms with Crippen molar-refractivity contribution in [2.24, 2.45) is 0 Å². The minimum Gasteiger partial charge on any atom is -0.481 e. The molecule has 3 heterocycles. The van der Waals surface area contributed by atoms with Crippen LogP contribution in [0.5, 0.6) is 5.88 Å². The summed E-state index contributed by atoms with van der Waals surface area (Å²) in [6, 6.07) is 5.23. The lowest BCUT2D eigenvalue weighted by Crippen LogP contribution is -2.40. The average Bonchev–Trinajstić information content (AvgIpc) is 3.26. The Kier molecular flexibility index (Phi) is 7.42. The molecule has 33 heavy (non-hydrogen) atoms. The molecule has 0 bridgehead atoms. The number of methoxy groups -OCH3 is 1. The van der Waals surface area contributed by atoms with Gasteiger partial charge < -0.3 is 14.6 Å². The third kappa shape index (κ3) is 5.27. The number of anilines is 1. The number of nitrogens with one attached hydrogen (secondary N) is 1. The van der Waals surface area contributed by atoms with Crippen molar-refractivity contribution in [2.75, 3.05) is 25.5 Å². The number of imidazole rings is 1. The van der Waals surface area contributed by atoms with Gasteiger partial charge >= 0.3 is 0 Å². The smallest absolute Gasteiger partial charge is 0.212 e. The van der Waals surface area contributed by atoms with Gasteiger partial charge in [0.2, 0.25) is 5.88 Å². The number of ether oxygens (including phenoxy) is 1. The van der Waals surface area contributed by atoms with Crippen LogP contribution < -0.4 is 10.1 Å². The number of fused-ring (bicyclic) bond motifs is 1. The normalized spacial score (nSPS) is 15.2. The van der Waals surface area contributed by atoms with Crippen LogP contribution in [0.4, 0.5) is 5.82 Å². The first-order valence-corrected chi connectivity index (χ1v) is 12.2. The third-order valence-corrected chi connectivity index (χ3v) is 6.58. The summed E-state index contributed by atoms with van der Waals surface area (Å²) in [4.78, 5) is 21.4. The van der Waals surface area contributed by atoms with Gasteiger partial charge in [-0.1, -0.05) is 19.3 Å². The van der Waals surface area contributed by atoms with Crippen LogP contribution in [0.15, 0.2) is 24.7 Å². The van der Waals surface area contributed by atoms with E-state index in [2.05, 4.69) is 47.5 Å². The molecular formula is C25H37N7O. The van der Waals surface area contributed by atoms with E-state index in [4.69, 9.17) is 19.7 Å². The summed E-state index contributed by atoms with van der Waals surface area (Å²) in [5, 5.41) is 3.56. The SMILES string of the molecule is COc1ccc(-c2nc(NCCN(C(C)C)C(C)C)c3ncn(C4CCCCC4)c3n2)cn1. The van der Waals surface area contributed by atoms with E-state index in [0.717, 1.165) is 35.6 Å². The molecule has 0 spiro atoms. The first-order chi connectivity index (χ1) is 16.0. The molecule has 0 saturated heterocycles. The molecule has 1 fully saturated rings. The quantitative estimate of drug-likeness (QED) is 0.494. The van der Waals surface area contributed by atoms with Crippen molar-refractivity contribution in [3.05, 3.63) is 24.7 Å². The van der Waals surface area contributed by atoms with Gasteiger partial charge in [0.05, 0.1) is 13.4 Å². The Hall–Kier alpha value is -2.74. The molecular weight excluding hydrogens is 414 g/mol.